The largest absolute Gasteiger partial charge is 0.480 e. The fraction of sp³-hybridized carbons (Fsp3) is 0.364. The zero-order valence-corrected chi connectivity index (χ0v) is 12.3. The average Bonchev–Trinajstić information content (AvgIpc) is 2.92. The van der Waals surface area contributed by atoms with Gasteiger partial charge < -0.3 is 5.11 Å². The van der Waals surface area contributed by atoms with Crippen molar-refractivity contribution >= 4 is 21.7 Å². The minimum absolute atomic E-state index is 0.195. The van der Waals surface area contributed by atoms with Crippen LogP contribution in [-0.4, -0.2) is 47.4 Å². The molecule has 0 saturated carbocycles. The van der Waals surface area contributed by atoms with Crippen molar-refractivity contribution in [2.24, 2.45) is 5.11 Å². The maximum absolute atomic E-state index is 12.6. The molecule has 11 nitrogen and oxygen atoms in total. The van der Waals surface area contributed by atoms with E-state index in [2.05, 4.69) is 10.0 Å². The Morgan fingerprint density at radius 1 is 1.48 bits per heavy atom. The van der Waals surface area contributed by atoms with Gasteiger partial charge in [0.25, 0.3) is 15.7 Å². The first-order valence-electron chi connectivity index (χ1n) is 6.31. The molecule has 23 heavy (non-hydrogen) atoms. The molecule has 0 spiro atoms. The van der Waals surface area contributed by atoms with Crippen LogP contribution in [0.15, 0.2) is 34.3 Å². The molecule has 2 rings (SSSR count). The van der Waals surface area contributed by atoms with Gasteiger partial charge in [0, 0.05) is 17.5 Å². The number of hydrogen-bond acceptors (Lipinski definition) is 6. The van der Waals surface area contributed by atoms with Crippen LogP contribution < -0.4 is 0 Å². The Morgan fingerprint density at radius 2 is 2.13 bits per heavy atom. The predicted octanol–water partition coefficient (Wildman–Crippen LogP) is 1.12. The van der Waals surface area contributed by atoms with Crippen molar-refractivity contribution in [3.63, 3.8) is 0 Å². The van der Waals surface area contributed by atoms with Crippen LogP contribution in [0.5, 0.6) is 0 Å². The molecular formula is C11H11N5O6S. The minimum Gasteiger partial charge on any atom is -0.480 e. The first kappa shape index (κ1) is 16.7. The molecule has 0 radical (unpaired) electrons. The summed E-state index contributed by atoms with van der Waals surface area (Å²) in [4.78, 5) is 23.4. The summed E-state index contributed by atoms with van der Waals surface area (Å²) in [6.45, 7) is -0.352. The Morgan fingerprint density at radius 3 is 2.70 bits per heavy atom. The van der Waals surface area contributed by atoms with Crippen LogP contribution in [0, 0.1) is 10.1 Å². The van der Waals surface area contributed by atoms with E-state index in [1.54, 1.807) is 0 Å². The normalized spacial score (nSPS) is 21.6. The lowest BCUT2D eigenvalue weighted by Gasteiger charge is -2.20. The summed E-state index contributed by atoms with van der Waals surface area (Å²) in [6, 6.07) is 2.36. The van der Waals surface area contributed by atoms with E-state index in [4.69, 9.17) is 5.53 Å². The molecule has 1 aliphatic heterocycles. The second-order valence-electron chi connectivity index (χ2n) is 4.75. The lowest BCUT2D eigenvalue weighted by molar-refractivity contribution is -0.387. The summed E-state index contributed by atoms with van der Waals surface area (Å²) >= 11 is 0. The number of rotatable bonds is 5. The number of carboxylic acids is 1. The molecule has 12 heteroatoms. The highest BCUT2D eigenvalue weighted by atomic mass is 32.2. The summed E-state index contributed by atoms with van der Waals surface area (Å²) < 4.78 is 25.9. The second-order valence-corrected chi connectivity index (χ2v) is 6.61. The maximum Gasteiger partial charge on any atom is 0.322 e. The number of carboxylic acid groups (broad SMARTS) is 1. The molecule has 1 aromatic rings. The van der Waals surface area contributed by atoms with Gasteiger partial charge in [-0.1, -0.05) is 17.2 Å². The van der Waals surface area contributed by atoms with E-state index >= 15 is 0 Å². The van der Waals surface area contributed by atoms with Gasteiger partial charge in [0.05, 0.1) is 11.0 Å². The fourth-order valence-electron chi connectivity index (χ4n) is 2.38. The van der Waals surface area contributed by atoms with Gasteiger partial charge in [-0.3, -0.25) is 14.9 Å². The van der Waals surface area contributed by atoms with E-state index < -0.39 is 43.6 Å². The molecule has 1 fully saturated rings. The highest BCUT2D eigenvalue weighted by Crippen LogP contribution is 2.32. The van der Waals surface area contributed by atoms with Crippen molar-refractivity contribution in [3.05, 3.63) is 44.8 Å². The summed E-state index contributed by atoms with van der Waals surface area (Å²) in [7, 11) is -4.43. The second kappa shape index (κ2) is 6.20. The van der Waals surface area contributed by atoms with Gasteiger partial charge in [-0.2, -0.15) is 4.31 Å². The third-order valence-electron chi connectivity index (χ3n) is 3.38. The lowest BCUT2D eigenvalue weighted by atomic mass is 10.2. The van der Waals surface area contributed by atoms with Gasteiger partial charge >= 0.3 is 5.97 Å². The van der Waals surface area contributed by atoms with Crippen molar-refractivity contribution in [1.82, 2.24) is 4.31 Å². The highest BCUT2D eigenvalue weighted by Gasteiger charge is 2.45. The zero-order chi connectivity index (χ0) is 17.2. The van der Waals surface area contributed by atoms with Gasteiger partial charge in [0.2, 0.25) is 0 Å². The van der Waals surface area contributed by atoms with Gasteiger partial charge in [-0.25, -0.2) is 8.42 Å². The molecular weight excluding hydrogens is 330 g/mol. The maximum atomic E-state index is 12.6. The van der Waals surface area contributed by atoms with Crippen LogP contribution in [0.2, 0.25) is 0 Å². The number of azide groups is 1. The number of nitro groups is 1. The number of para-hydroxylation sites is 1. The molecule has 1 aromatic carbocycles. The number of aliphatic carboxylic acids is 1. The molecule has 1 aliphatic rings. The quantitative estimate of drug-likeness (QED) is 0.277. The van der Waals surface area contributed by atoms with Crippen molar-refractivity contribution in [3.8, 4) is 0 Å². The molecule has 0 unspecified atom stereocenters. The van der Waals surface area contributed by atoms with Crippen molar-refractivity contribution < 1.29 is 23.2 Å². The third kappa shape index (κ3) is 3.08. The number of hydrogen-bond donors (Lipinski definition) is 1. The SMILES string of the molecule is [N-]=[N+]=N[C@H]1C[C@@H](C(=O)O)N(S(=O)(=O)c2ccccc2[N+](=O)[O-])C1. The molecule has 0 aliphatic carbocycles. The van der Waals surface area contributed by atoms with E-state index in [9.17, 15) is 28.4 Å². The molecule has 1 heterocycles. The van der Waals surface area contributed by atoms with Crippen molar-refractivity contribution in [1.29, 1.82) is 0 Å². The summed E-state index contributed by atoms with van der Waals surface area (Å²) in [6.07, 6.45) is -0.195. The number of nitrogens with zero attached hydrogens (tertiary/aromatic N) is 5. The Hall–Kier alpha value is -2.69. The van der Waals surface area contributed by atoms with E-state index in [1.165, 1.54) is 12.1 Å². The van der Waals surface area contributed by atoms with E-state index in [-0.39, 0.29) is 13.0 Å². The first-order chi connectivity index (χ1) is 10.8. The summed E-state index contributed by atoms with van der Waals surface area (Å²) in [5, 5.41) is 23.5. The monoisotopic (exact) mass is 341 g/mol. The van der Waals surface area contributed by atoms with E-state index in [0.29, 0.717) is 4.31 Å². The van der Waals surface area contributed by atoms with Gasteiger partial charge in [0.1, 0.15) is 6.04 Å². The Labute approximate surface area is 130 Å². The molecule has 0 aromatic heterocycles. The standard InChI is InChI=1S/C11H11N5O6S/c12-14-13-7-5-9(11(17)18)15(6-7)23(21,22)10-4-2-1-3-8(10)16(19)20/h1-4,7,9H,5-6H2,(H,17,18)/t7-,9-/m0/s1. The smallest absolute Gasteiger partial charge is 0.322 e. The number of carbonyl (C=O) groups is 1. The number of nitro benzene ring substituents is 1. The molecule has 1 saturated heterocycles. The molecule has 0 bridgehead atoms. The van der Waals surface area contributed by atoms with Gasteiger partial charge in [0.15, 0.2) is 4.90 Å². The Bertz CT molecular complexity index is 803. The Kier molecular flexibility index (Phi) is 4.50. The van der Waals surface area contributed by atoms with Crippen molar-refractivity contribution in [2.45, 2.75) is 23.4 Å². The molecule has 2 atom stereocenters. The van der Waals surface area contributed by atoms with E-state index in [0.717, 1.165) is 12.1 Å². The van der Waals surface area contributed by atoms with Gasteiger partial charge in [-0.05, 0) is 18.0 Å². The number of benzene rings is 1. The topological polar surface area (TPSA) is 167 Å². The summed E-state index contributed by atoms with van der Waals surface area (Å²) in [5.74, 6) is -1.41. The zero-order valence-electron chi connectivity index (χ0n) is 11.5. The van der Waals surface area contributed by atoms with E-state index in [1.807, 2.05) is 0 Å². The van der Waals surface area contributed by atoms with Crippen LogP contribution in [-0.2, 0) is 14.8 Å². The fourth-order valence-corrected chi connectivity index (χ4v) is 4.17. The Balaban J connectivity index is 2.52. The third-order valence-corrected chi connectivity index (χ3v) is 5.30. The predicted molar refractivity (Wildman–Crippen MR) is 76.0 cm³/mol. The molecule has 1 N–H and O–H groups in total. The minimum atomic E-state index is -4.43. The average molecular weight is 341 g/mol. The van der Waals surface area contributed by atoms with Crippen LogP contribution in [0.1, 0.15) is 6.42 Å². The van der Waals surface area contributed by atoms with Crippen LogP contribution in [0.4, 0.5) is 5.69 Å². The van der Waals surface area contributed by atoms with Crippen LogP contribution in [0.3, 0.4) is 0 Å². The lowest BCUT2D eigenvalue weighted by Crippen LogP contribution is -2.40. The van der Waals surface area contributed by atoms with Crippen LogP contribution >= 0.6 is 0 Å². The van der Waals surface area contributed by atoms with Gasteiger partial charge in [-0.15, -0.1) is 0 Å². The van der Waals surface area contributed by atoms with Crippen molar-refractivity contribution in [2.75, 3.05) is 6.54 Å². The highest BCUT2D eigenvalue weighted by molar-refractivity contribution is 7.89. The first-order valence-corrected chi connectivity index (χ1v) is 7.75. The van der Waals surface area contributed by atoms with Crippen LogP contribution in [0.25, 0.3) is 10.4 Å². The molecule has 0 amide bonds. The molecule has 122 valence electrons. The summed E-state index contributed by atoms with van der Waals surface area (Å²) in [5.41, 5.74) is 7.78. The number of sulfonamides is 1.